The maximum Gasteiger partial charge on any atom is 0.137 e. The lowest BCUT2D eigenvalue weighted by atomic mass is 9.95. The quantitative estimate of drug-likeness (QED) is 0.765. The van der Waals surface area contributed by atoms with Crippen molar-refractivity contribution in [2.24, 2.45) is 0 Å². The molecule has 1 saturated carbocycles. The van der Waals surface area contributed by atoms with Crippen molar-refractivity contribution in [3.05, 3.63) is 16.5 Å². The van der Waals surface area contributed by atoms with Gasteiger partial charge in [-0.3, -0.25) is 0 Å². The van der Waals surface area contributed by atoms with Crippen LogP contribution in [0.1, 0.15) is 71.5 Å². The van der Waals surface area contributed by atoms with E-state index in [1.54, 1.807) is 0 Å². The van der Waals surface area contributed by atoms with Gasteiger partial charge in [0.25, 0.3) is 0 Å². The average molecular weight is 340 g/mol. The van der Waals surface area contributed by atoms with Gasteiger partial charge in [0.15, 0.2) is 0 Å². The van der Waals surface area contributed by atoms with Crippen LogP contribution in [0.3, 0.4) is 0 Å². The number of rotatable bonds is 2. The Labute approximate surface area is 131 Å². The summed E-state index contributed by atoms with van der Waals surface area (Å²) in [6, 6.07) is 2.55. The van der Waals surface area contributed by atoms with E-state index in [1.165, 1.54) is 44.9 Å². The van der Waals surface area contributed by atoms with E-state index in [0.717, 1.165) is 16.2 Å². The second-order valence-electron chi connectivity index (χ2n) is 6.84. The van der Waals surface area contributed by atoms with Gasteiger partial charge in [0.1, 0.15) is 16.2 Å². The van der Waals surface area contributed by atoms with Crippen LogP contribution in [0.5, 0.6) is 0 Å². The number of hydrogen-bond donors (Lipinski definition) is 1. The SMILES string of the molecule is CC(C)(C)c1nc(Br)cc(NC2CCCCCCC2)n1. The molecule has 0 spiro atoms. The first-order valence-electron chi connectivity index (χ1n) is 7.77. The first-order chi connectivity index (χ1) is 9.45. The zero-order valence-electron chi connectivity index (χ0n) is 12.9. The lowest BCUT2D eigenvalue weighted by molar-refractivity contribution is 0.469. The van der Waals surface area contributed by atoms with Gasteiger partial charge in [-0.2, -0.15) is 0 Å². The van der Waals surface area contributed by atoms with Crippen molar-refractivity contribution in [1.82, 2.24) is 9.97 Å². The average Bonchev–Trinajstić information content (AvgIpc) is 2.30. The highest BCUT2D eigenvalue weighted by Crippen LogP contribution is 2.25. The van der Waals surface area contributed by atoms with E-state index in [0.29, 0.717) is 6.04 Å². The van der Waals surface area contributed by atoms with Crippen LogP contribution in [0.4, 0.5) is 5.82 Å². The molecule has 1 N–H and O–H groups in total. The van der Waals surface area contributed by atoms with E-state index in [4.69, 9.17) is 4.98 Å². The molecular weight excluding hydrogens is 314 g/mol. The molecule has 0 aliphatic heterocycles. The normalized spacial score (nSPS) is 18.4. The zero-order valence-corrected chi connectivity index (χ0v) is 14.5. The molecule has 1 aromatic rings. The highest BCUT2D eigenvalue weighted by molar-refractivity contribution is 9.10. The molecule has 1 heterocycles. The molecule has 112 valence electrons. The van der Waals surface area contributed by atoms with Crippen molar-refractivity contribution in [1.29, 1.82) is 0 Å². The standard InChI is InChI=1S/C16H26BrN3/c1-16(2,3)15-19-13(17)11-14(20-15)18-12-9-7-5-4-6-8-10-12/h11-12H,4-10H2,1-3H3,(H,18,19,20). The molecular formula is C16H26BrN3. The van der Waals surface area contributed by atoms with Crippen LogP contribution in [0.2, 0.25) is 0 Å². The number of nitrogens with one attached hydrogen (secondary N) is 1. The Morgan fingerprint density at radius 2 is 1.65 bits per heavy atom. The van der Waals surface area contributed by atoms with E-state index >= 15 is 0 Å². The molecule has 4 heteroatoms. The highest BCUT2D eigenvalue weighted by atomic mass is 79.9. The smallest absolute Gasteiger partial charge is 0.137 e. The van der Waals surface area contributed by atoms with Gasteiger partial charge in [-0.1, -0.05) is 52.9 Å². The molecule has 1 aliphatic rings. The van der Waals surface area contributed by atoms with E-state index in [-0.39, 0.29) is 5.41 Å². The summed E-state index contributed by atoms with van der Waals surface area (Å²) < 4.78 is 0.866. The molecule has 3 nitrogen and oxygen atoms in total. The largest absolute Gasteiger partial charge is 0.367 e. The first-order valence-corrected chi connectivity index (χ1v) is 8.56. The van der Waals surface area contributed by atoms with Crippen molar-refractivity contribution >= 4 is 21.7 Å². The van der Waals surface area contributed by atoms with Crippen LogP contribution in [0, 0.1) is 0 Å². The Hall–Kier alpha value is -0.640. The molecule has 0 radical (unpaired) electrons. The van der Waals surface area contributed by atoms with E-state index in [2.05, 4.69) is 47.0 Å². The molecule has 0 amide bonds. The molecule has 1 fully saturated rings. The van der Waals surface area contributed by atoms with Crippen molar-refractivity contribution in [2.75, 3.05) is 5.32 Å². The molecule has 0 bridgehead atoms. The molecule has 0 atom stereocenters. The molecule has 2 rings (SSSR count). The second-order valence-corrected chi connectivity index (χ2v) is 7.65. The molecule has 20 heavy (non-hydrogen) atoms. The fourth-order valence-corrected chi connectivity index (χ4v) is 3.02. The summed E-state index contributed by atoms with van der Waals surface area (Å²) in [5, 5.41) is 3.62. The summed E-state index contributed by atoms with van der Waals surface area (Å²) in [6.45, 7) is 6.44. The van der Waals surface area contributed by atoms with Gasteiger partial charge < -0.3 is 5.32 Å². The van der Waals surface area contributed by atoms with Crippen molar-refractivity contribution in [3.63, 3.8) is 0 Å². The predicted molar refractivity (Wildman–Crippen MR) is 88.2 cm³/mol. The van der Waals surface area contributed by atoms with Crippen LogP contribution in [0.25, 0.3) is 0 Å². The van der Waals surface area contributed by atoms with Gasteiger partial charge in [-0.05, 0) is 28.8 Å². The van der Waals surface area contributed by atoms with Gasteiger partial charge in [0.2, 0.25) is 0 Å². The van der Waals surface area contributed by atoms with E-state index in [9.17, 15) is 0 Å². The summed E-state index contributed by atoms with van der Waals surface area (Å²) in [5.41, 5.74) is -0.0266. The summed E-state index contributed by atoms with van der Waals surface area (Å²) in [6.07, 6.45) is 9.32. The van der Waals surface area contributed by atoms with Crippen LogP contribution < -0.4 is 5.32 Å². The third-order valence-electron chi connectivity index (χ3n) is 3.82. The minimum Gasteiger partial charge on any atom is -0.367 e. The Kier molecular flexibility index (Phi) is 5.42. The summed E-state index contributed by atoms with van der Waals surface area (Å²) in [7, 11) is 0. The third kappa shape index (κ3) is 4.72. The molecule has 0 unspecified atom stereocenters. The van der Waals surface area contributed by atoms with Gasteiger partial charge in [0, 0.05) is 17.5 Å². The van der Waals surface area contributed by atoms with E-state index in [1.807, 2.05) is 6.07 Å². The Morgan fingerprint density at radius 3 is 2.25 bits per heavy atom. The maximum absolute atomic E-state index is 4.70. The Bertz CT molecular complexity index is 432. The summed E-state index contributed by atoms with van der Waals surface area (Å²) in [4.78, 5) is 9.20. The highest BCUT2D eigenvalue weighted by Gasteiger charge is 2.19. The van der Waals surface area contributed by atoms with Gasteiger partial charge in [-0.25, -0.2) is 9.97 Å². The fraction of sp³-hybridized carbons (Fsp3) is 0.750. The van der Waals surface area contributed by atoms with Gasteiger partial charge in [-0.15, -0.1) is 0 Å². The Morgan fingerprint density at radius 1 is 1.05 bits per heavy atom. The molecule has 1 aliphatic carbocycles. The zero-order chi connectivity index (χ0) is 14.6. The number of aromatic nitrogens is 2. The third-order valence-corrected chi connectivity index (χ3v) is 4.23. The van der Waals surface area contributed by atoms with Crippen molar-refractivity contribution in [2.45, 2.75) is 77.2 Å². The Balaban J connectivity index is 2.09. The summed E-state index contributed by atoms with van der Waals surface area (Å²) >= 11 is 3.51. The molecule has 0 aromatic carbocycles. The lowest BCUT2D eigenvalue weighted by Gasteiger charge is -2.23. The maximum atomic E-state index is 4.70. The number of hydrogen-bond acceptors (Lipinski definition) is 3. The minimum atomic E-state index is -0.0266. The van der Waals surface area contributed by atoms with Crippen molar-refractivity contribution < 1.29 is 0 Å². The second kappa shape index (κ2) is 6.88. The van der Waals surface area contributed by atoms with E-state index < -0.39 is 0 Å². The topological polar surface area (TPSA) is 37.8 Å². The summed E-state index contributed by atoms with van der Waals surface area (Å²) in [5.74, 6) is 1.85. The van der Waals surface area contributed by atoms with Crippen LogP contribution >= 0.6 is 15.9 Å². The minimum absolute atomic E-state index is 0.0266. The number of halogens is 1. The van der Waals surface area contributed by atoms with Gasteiger partial charge in [0.05, 0.1) is 0 Å². The fourth-order valence-electron chi connectivity index (χ4n) is 2.64. The van der Waals surface area contributed by atoms with Crippen LogP contribution in [-0.2, 0) is 5.41 Å². The van der Waals surface area contributed by atoms with Gasteiger partial charge >= 0.3 is 0 Å². The molecule has 1 aromatic heterocycles. The van der Waals surface area contributed by atoms with Crippen LogP contribution in [-0.4, -0.2) is 16.0 Å². The lowest BCUT2D eigenvalue weighted by Crippen LogP contribution is -2.23. The molecule has 0 saturated heterocycles. The van der Waals surface area contributed by atoms with Crippen LogP contribution in [0.15, 0.2) is 10.7 Å². The van der Waals surface area contributed by atoms with Crippen molar-refractivity contribution in [3.8, 4) is 0 Å². The predicted octanol–water partition coefficient (Wildman–Crippen LogP) is 5.06. The first kappa shape index (κ1) is 15.7. The monoisotopic (exact) mass is 339 g/mol. The number of nitrogens with zero attached hydrogens (tertiary/aromatic N) is 2. The number of anilines is 1.